The van der Waals surface area contributed by atoms with Gasteiger partial charge in [0.2, 0.25) is 10.0 Å². The molecule has 9 heteroatoms. The summed E-state index contributed by atoms with van der Waals surface area (Å²) in [6.07, 6.45) is 0. The first-order valence-corrected chi connectivity index (χ1v) is 12.5. The number of benzene rings is 2. The Morgan fingerprint density at radius 2 is 1.62 bits per heavy atom. The predicted molar refractivity (Wildman–Crippen MR) is 129 cm³/mol. The number of rotatable bonds is 4. The highest BCUT2D eigenvalue weighted by Crippen LogP contribution is 2.30. The number of hydrogen-bond acceptors (Lipinski definition) is 5. The van der Waals surface area contributed by atoms with Gasteiger partial charge < -0.3 is 4.90 Å². The van der Waals surface area contributed by atoms with Crippen LogP contribution in [-0.4, -0.2) is 48.9 Å². The van der Waals surface area contributed by atoms with Crippen molar-refractivity contribution in [3.63, 3.8) is 0 Å². The summed E-state index contributed by atoms with van der Waals surface area (Å²) in [5.41, 5.74) is 4.01. The van der Waals surface area contributed by atoms with Gasteiger partial charge in [0.1, 0.15) is 10.7 Å². The Hall–Kier alpha value is -2.19. The zero-order valence-corrected chi connectivity index (χ0v) is 20.5. The maximum atomic E-state index is 13.1. The van der Waals surface area contributed by atoms with E-state index in [9.17, 15) is 8.42 Å². The molecule has 0 spiro atoms. The van der Waals surface area contributed by atoms with Gasteiger partial charge in [-0.3, -0.25) is 0 Å². The lowest BCUT2D eigenvalue weighted by atomic mass is 10.1. The zero-order valence-electron chi connectivity index (χ0n) is 18.1. The molecule has 0 amide bonds. The minimum absolute atomic E-state index is 0.0379. The van der Waals surface area contributed by atoms with Crippen LogP contribution in [0.5, 0.6) is 0 Å². The number of hydrogen-bond donors (Lipinski definition) is 0. The third-order valence-electron chi connectivity index (χ3n) is 5.69. The van der Waals surface area contributed by atoms with Crippen molar-refractivity contribution in [2.75, 3.05) is 31.1 Å². The largest absolute Gasteiger partial charge is 0.354 e. The van der Waals surface area contributed by atoms with Crippen molar-refractivity contribution < 1.29 is 8.42 Å². The van der Waals surface area contributed by atoms with E-state index in [4.69, 9.17) is 28.2 Å². The Morgan fingerprint density at radius 3 is 2.31 bits per heavy atom. The maximum absolute atomic E-state index is 13.1. The van der Waals surface area contributed by atoms with Crippen molar-refractivity contribution in [2.45, 2.75) is 25.7 Å². The molecule has 1 aliphatic rings. The highest BCUT2D eigenvalue weighted by molar-refractivity contribution is 7.89. The number of halogens is 2. The zero-order chi connectivity index (χ0) is 23.0. The number of aromatic nitrogens is 2. The van der Waals surface area contributed by atoms with Gasteiger partial charge in [0.05, 0.1) is 5.02 Å². The highest BCUT2D eigenvalue weighted by atomic mass is 35.5. The molecular formula is C23H24Cl2N4O2S. The summed E-state index contributed by atoms with van der Waals surface area (Å²) < 4.78 is 27.7. The first-order valence-electron chi connectivity index (χ1n) is 10.3. The molecule has 0 aliphatic carbocycles. The minimum Gasteiger partial charge on any atom is -0.354 e. The molecule has 32 heavy (non-hydrogen) atoms. The smallest absolute Gasteiger partial charge is 0.244 e. The second-order valence-corrected chi connectivity index (χ2v) is 10.7. The van der Waals surface area contributed by atoms with Crippen molar-refractivity contribution in [3.8, 4) is 11.4 Å². The molecule has 0 unspecified atom stereocenters. The van der Waals surface area contributed by atoms with Gasteiger partial charge in [0, 0.05) is 48.0 Å². The van der Waals surface area contributed by atoms with Gasteiger partial charge in [-0.2, -0.15) is 4.31 Å². The van der Waals surface area contributed by atoms with Gasteiger partial charge in [-0.1, -0.05) is 47.0 Å². The molecule has 2 aromatic carbocycles. The molecule has 1 aliphatic heterocycles. The second kappa shape index (κ2) is 8.98. The lowest BCUT2D eigenvalue weighted by Gasteiger charge is -2.35. The quantitative estimate of drug-likeness (QED) is 0.520. The molecule has 6 nitrogen and oxygen atoms in total. The molecule has 1 saturated heterocycles. The number of aryl methyl sites for hydroxylation is 2. The minimum atomic E-state index is -3.74. The maximum Gasteiger partial charge on any atom is 0.244 e. The number of nitrogens with zero attached hydrogens (tertiary/aromatic N) is 4. The third-order valence-corrected chi connectivity index (χ3v) is 8.30. The summed E-state index contributed by atoms with van der Waals surface area (Å²) in [7, 11) is -3.74. The van der Waals surface area contributed by atoms with Crippen LogP contribution in [0, 0.1) is 20.8 Å². The van der Waals surface area contributed by atoms with E-state index in [2.05, 4.69) is 16.0 Å². The molecule has 4 rings (SSSR count). The molecule has 0 N–H and O–H groups in total. The fourth-order valence-electron chi connectivity index (χ4n) is 3.79. The van der Waals surface area contributed by atoms with Gasteiger partial charge >= 0.3 is 0 Å². The highest BCUT2D eigenvalue weighted by Gasteiger charge is 2.31. The van der Waals surface area contributed by atoms with Crippen LogP contribution >= 0.6 is 23.2 Å². The summed E-state index contributed by atoms with van der Waals surface area (Å²) in [6.45, 7) is 7.70. The van der Waals surface area contributed by atoms with Crippen LogP contribution in [0.25, 0.3) is 11.4 Å². The van der Waals surface area contributed by atoms with Crippen LogP contribution in [0.15, 0.2) is 47.4 Å². The average Bonchev–Trinajstić information content (AvgIpc) is 2.77. The first-order chi connectivity index (χ1) is 15.2. The van der Waals surface area contributed by atoms with Crippen molar-refractivity contribution in [1.29, 1.82) is 0 Å². The normalized spacial score (nSPS) is 15.2. The molecule has 0 bridgehead atoms. The number of piperazine rings is 1. The van der Waals surface area contributed by atoms with E-state index < -0.39 is 10.0 Å². The van der Waals surface area contributed by atoms with Crippen LogP contribution in [0.3, 0.4) is 0 Å². The fourth-order valence-corrected chi connectivity index (χ4v) is 5.95. The molecule has 3 aromatic rings. The summed E-state index contributed by atoms with van der Waals surface area (Å²) in [4.78, 5) is 11.7. The van der Waals surface area contributed by atoms with E-state index in [0.717, 1.165) is 28.2 Å². The lowest BCUT2D eigenvalue weighted by molar-refractivity contribution is 0.383. The van der Waals surface area contributed by atoms with Crippen LogP contribution in [0.4, 0.5) is 5.82 Å². The van der Waals surface area contributed by atoms with E-state index in [1.54, 1.807) is 6.07 Å². The van der Waals surface area contributed by atoms with Gasteiger partial charge in [0.15, 0.2) is 5.82 Å². The Bertz CT molecular complexity index is 1270. The second-order valence-electron chi connectivity index (χ2n) is 7.92. The molecular weight excluding hydrogens is 467 g/mol. The SMILES string of the molecule is Cc1cccc(-c2nc(C)c(C)c(N3CCN(S(=O)(=O)c4cc(Cl)ccc4Cl)CC3)n2)c1. The van der Waals surface area contributed by atoms with E-state index >= 15 is 0 Å². The Morgan fingerprint density at radius 1 is 0.906 bits per heavy atom. The molecule has 1 aromatic heterocycles. The molecule has 1 fully saturated rings. The fraction of sp³-hybridized carbons (Fsp3) is 0.304. The summed E-state index contributed by atoms with van der Waals surface area (Å²) in [6, 6.07) is 12.6. The summed E-state index contributed by atoms with van der Waals surface area (Å²) in [5.74, 6) is 1.51. The van der Waals surface area contributed by atoms with Gasteiger partial charge in [0.25, 0.3) is 0 Å². The third kappa shape index (κ3) is 4.48. The van der Waals surface area contributed by atoms with Crippen LogP contribution < -0.4 is 4.90 Å². The van der Waals surface area contributed by atoms with Gasteiger partial charge in [-0.25, -0.2) is 18.4 Å². The molecule has 0 radical (unpaired) electrons. The van der Waals surface area contributed by atoms with Crippen molar-refractivity contribution in [3.05, 3.63) is 69.3 Å². The number of anilines is 1. The Balaban J connectivity index is 1.59. The Kier molecular flexibility index (Phi) is 6.45. The molecule has 2 heterocycles. The first kappa shape index (κ1) is 23.0. The topological polar surface area (TPSA) is 66.4 Å². The van der Waals surface area contributed by atoms with Crippen LogP contribution in [-0.2, 0) is 10.0 Å². The van der Waals surface area contributed by atoms with Crippen molar-refractivity contribution in [1.82, 2.24) is 14.3 Å². The predicted octanol–water partition coefficient (Wildman–Crippen LogP) is 4.89. The van der Waals surface area contributed by atoms with Crippen LogP contribution in [0.2, 0.25) is 10.0 Å². The summed E-state index contributed by atoms with van der Waals surface area (Å²) in [5, 5.41) is 0.504. The van der Waals surface area contributed by atoms with E-state index in [0.29, 0.717) is 37.0 Å². The standard InChI is InChI=1S/C23H24Cl2N4O2S/c1-15-5-4-6-18(13-15)22-26-17(3)16(2)23(27-22)28-9-11-29(12-10-28)32(30,31)21-14-19(24)7-8-20(21)25/h4-8,13-14H,9-12H2,1-3H3. The van der Waals surface area contributed by atoms with Crippen LogP contribution in [0.1, 0.15) is 16.8 Å². The monoisotopic (exact) mass is 490 g/mol. The number of sulfonamides is 1. The molecule has 168 valence electrons. The molecule has 0 saturated carbocycles. The molecule has 0 atom stereocenters. The van der Waals surface area contributed by atoms with Gasteiger partial charge in [-0.05, 0) is 45.0 Å². The van der Waals surface area contributed by atoms with Crippen molar-refractivity contribution in [2.24, 2.45) is 0 Å². The lowest BCUT2D eigenvalue weighted by Crippen LogP contribution is -2.49. The van der Waals surface area contributed by atoms with Crippen molar-refractivity contribution >= 4 is 39.0 Å². The Labute approximate surface area is 198 Å². The average molecular weight is 491 g/mol. The van der Waals surface area contributed by atoms with E-state index in [-0.39, 0.29) is 9.92 Å². The van der Waals surface area contributed by atoms with Gasteiger partial charge in [-0.15, -0.1) is 0 Å². The van der Waals surface area contributed by atoms with E-state index in [1.807, 2.05) is 39.0 Å². The summed E-state index contributed by atoms with van der Waals surface area (Å²) >= 11 is 12.2. The van der Waals surface area contributed by atoms with E-state index in [1.165, 1.54) is 16.4 Å².